The highest BCUT2D eigenvalue weighted by atomic mass is 35.5. The van der Waals surface area contributed by atoms with Gasteiger partial charge >= 0.3 is 0 Å². The van der Waals surface area contributed by atoms with E-state index in [4.69, 9.17) is 27.9 Å². The summed E-state index contributed by atoms with van der Waals surface area (Å²) in [5, 5.41) is 11.6. The Morgan fingerprint density at radius 1 is 1.03 bits per heavy atom. The van der Waals surface area contributed by atoms with E-state index in [-0.39, 0.29) is 32.4 Å². The quantitative estimate of drug-likeness (QED) is 0.267. The number of rotatable bonds is 5. The van der Waals surface area contributed by atoms with E-state index in [2.05, 4.69) is 0 Å². The number of anilines is 1. The molecule has 1 amide bonds. The number of benzene rings is 3. The number of aliphatic hydroxyl groups is 1. The number of hydrogen-bond donors (Lipinski definition) is 1. The summed E-state index contributed by atoms with van der Waals surface area (Å²) >= 11 is 12.1. The molecular weight excluding hydrogens is 468 g/mol. The molecule has 0 bridgehead atoms. The van der Waals surface area contributed by atoms with Crippen LogP contribution in [0.4, 0.5) is 10.1 Å². The smallest absolute Gasteiger partial charge is 0.300 e. The lowest BCUT2D eigenvalue weighted by atomic mass is 9.94. The lowest BCUT2D eigenvalue weighted by Gasteiger charge is -2.26. The molecule has 8 heteroatoms. The van der Waals surface area contributed by atoms with E-state index < -0.39 is 29.3 Å². The van der Waals surface area contributed by atoms with Crippen LogP contribution >= 0.6 is 23.2 Å². The van der Waals surface area contributed by atoms with E-state index in [1.165, 1.54) is 36.4 Å². The van der Waals surface area contributed by atoms with Crippen LogP contribution in [-0.4, -0.2) is 23.4 Å². The third kappa shape index (κ3) is 4.19. The molecule has 1 atom stereocenters. The van der Waals surface area contributed by atoms with E-state index in [1.54, 1.807) is 30.3 Å². The fourth-order valence-electron chi connectivity index (χ4n) is 3.78. The predicted octanol–water partition coefficient (Wildman–Crippen LogP) is 6.16. The van der Waals surface area contributed by atoms with Gasteiger partial charge in [0.1, 0.15) is 17.3 Å². The fraction of sp³-hybridized carbons (Fsp3) is 0.120. The van der Waals surface area contributed by atoms with Crippen molar-refractivity contribution >= 4 is 46.3 Å². The minimum absolute atomic E-state index is 0.0466. The molecular formula is C25H18Cl2FNO4. The lowest BCUT2D eigenvalue weighted by molar-refractivity contribution is -0.132. The standard InChI is InChI=1S/C25H18Cl2FNO4/c1-2-33-16-7-5-6-14(12-16)23(30)21-22(17-8-3-4-9-20(17)28)29(25(32)24(21)31)15-10-11-18(26)19(27)13-15/h3-13,22,30H,2H2,1H3/b23-21+. The average Bonchev–Trinajstić information content (AvgIpc) is 3.06. The van der Waals surface area contributed by atoms with Crippen LogP contribution in [0.15, 0.2) is 72.3 Å². The van der Waals surface area contributed by atoms with E-state index in [1.807, 2.05) is 6.92 Å². The zero-order valence-electron chi connectivity index (χ0n) is 17.4. The number of ether oxygens (including phenoxy) is 1. The third-order valence-electron chi connectivity index (χ3n) is 5.24. The summed E-state index contributed by atoms with van der Waals surface area (Å²) < 4.78 is 20.4. The van der Waals surface area contributed by atoms with Crippen LogP contribution in [0, 0.1) is 5.82 Å². The van der Waals surface area contributed by atoms with Crippen molar-refractivity contribution in [3.8, 4) is 5.75 Å². The van der Waals surface area contributed by atoms with Crippen molar-refractivity contribution in [1.82, 2.24) is 0 Å². The van der Waals surface area contributed by atoms with Gasteiger partial charge in [0.05, 0.1) is 28.3 Å². The van der Waals surface area contributed by atoms with Gasteiger partial charge in [-0.05, 0) is 43.3 Å². The Bertz CT molecular complexity index is 1290. The molecule has 0 radical (unpaired) electrons. The second-order valence-electron chi connectivity index (χ2n) is 7.25. The Labute approximate surface area is 199 Å². The molecule has 1 aliphatic rings. The van der Waals surface area contributed by atoms with Crippen molar-refractivity contribution in [1.29, 1.82) is 0 Å². The number of hydrogen-bond acceptors (Lipinski definition) is 4. The second-order valence-corrected chi connectivity index (χ2v) is 8.06. The molecule has 168 valence electrons. The highest BCUT2D eigenvalue weighted by Crippen LogP contribution is 2.44. The first kappa shape index (κ1) is 22.8. The SMILES string of the molecule is CCOc1cccc(/C(O)=C2\C(=O)C(=O)N(c3ccc(Cl)c(Cl)c3)C2c2ccccc2F)c1. The number of aliphatic hydroxyl groups excluding tert-OH is 1. The highest BCUT2D eigenvalue weighted by Gasteiger charge is 2.47. The molecule has 1 unspecified atom stereocenters. The molecule has 0 spiro atoms. The minimum Gasteiger partial charge on any atom is -0.507 e. The molecule has 3 aromatic carbocycles. The van der Waals surface area contributed by atoms with Crippen molar-refractivity contribution in [2.45, 2.75) is 13.0 Å². The zero-order valence-corrected chi connectivity index (χ0v) is 18.9. The lowest BCUT2D eigenvalue weighted by Crippen LogP contribution is -2.29. The van der Waals surface area contributed by atoms with Gasteiger partial charge in [-0.15, -0.1) is 0 Å². The molecule has 1 N–H and O–H groups in total. The van der Waals surface area contributed by atoms with Crippen LogP contribution in [0.1, 0.15) is 24.1 Å². The zero-order chi connectivity index (χ0) is 23.7. The van der Waals surface area contributed by atoms with Gasteiger partial charge < -0.3 is 9.84 Å². The van der Waals surface area contributed by atoms with Crippen LogP contribution in [-0.2, 0) is 9.59 Å². The molecule has 0 saturated carbocycles. The van der Waals surface area contributed by atoms with Crippen LogP contribution in [0.5, 0.6) is 5.75 Å². The molecule has 0 aromatic heterocycles. The van der Waals surface area contributed by atoms with Crippen molar-refractivity contribution < 1.29 is 23.8 Å². The normalized spacial score (nSPS) is 17.5. The van der Waals surface area contributed by atoms with Crippen LogP contribution in [0.2, 0.25) is 10.0 Å². The molecule has 1 aliphatic heterocycles. The fourth-order valence-corrected chi connectivity index (χ4v) is 4.07. The molecule has 1 saturated heterocycles. The van der Waals surface area contributed by atoms with Gasteiger partial charge in [-0.25, -0.2) is 4.39 Å². The first-order chi connectivity index (χ1) is 15.8. The van der Waals surface area contributed by atoms with Crippen molar-refractivity contribution in [2.24, 2.45) is 0 Å². The third-order valence-corrected chi connectivity index (χ3v) is 5.98. The van der Waals surface area contributed by atoms with Gasteiger partial charge in [0.25, 0.3) is 11.7 Å². The van der Waals surface area contributed by atoms with Crippen LogP contribution in [0.3, 0.4) is 0 Å². The van der Waals surface area contributed by atoms with Crippen molar-refractivity contribution in [2.75, 3.05) is 11.5 Å². The van der Waals surface area contributed by atoms with Gasteiger partial charge in [-0.1, -0.05) is 53.5 Å². The molecule has 0 aliphatic carbocycles. The topological polar surface area (TPSA) is 66.8 Å². The highest BCUT2D eigenvalue weighted by molar-refractivity contribution is 6.52. The Morgan fingerprint density at radius 3 is 2.48 bits per heavy atom. The average molecular weight is 486 g/mol. The van der Waals surface area contributed by atoms with E-state index in [0.29, 0.717) is 12.4 Å². The largest absolute Gasteiger partial charge is 0.507 e. The van der Waals surface area contributed by atoms with Gasteiger partial charge in [0.15, 0.2) is 0 Å². The van der Waals surface area contributed by atoms with Crippen LogP contribution < -0.4 is 9.64 Å². The number of carbonyl (C=O) groups is 2. The number of nitrogens with zero attached hydrogens (tertiary/aromatic N) is 1. The van der Waals surface area contributed by atoms with Crippen LogP contribution in [0.25, 0.3) is 5.76 Å². The summed E-state index contributed by atoms with van der Waals surface area (Å²) in [7, 11) is 0. The maximum absolute atomic E-state index is 14.9. The summed E-state index contributed by atoms with van der Waals surface area (Å²) in [6.45, 7) is 2.22. The number of Topliss-reactive ketones (excluding diaryl/α,β-unsaturated/α-hetero) is 1. The molecule has 33 heavy (non-hydrogen) atoms. The monoisotopic (exact) mass is 485 g/mol. The number of amides is 1. The summed E-state index contributed by atoms with van der Waals surface area (Å²) in [6, 6.07) is 15.4. The van der Waals surface area contributed by atoms with Crippen molar-refractivity contribution in [3.63, 3.8) is 0 Å². The van der Waals surface area contributed by atoms with Crippen molar-refractivity contribution in [3.05, 3.63) is 99.3 Å². The summed E-state index contributed by atoms with van der Waals surface area (Å²) in [5.74, 6) is -2.48. The summed E-state index contributed by atoms with van der Waals surface area (Å²) in [5.41, 5.74) is 0.298. The second kappa shape index (κ2) is 9.25. The van der Waals surface area contributed by atoms with E-state index in [0.717, 1.165) is 4.90 Å². The Hall–Kier alpha value is -3.35. The molecule has 1 heterocycles. The summed E-state index contributed by atoms with van der Waals surface area (Å²) in [6.07, 6.45) is 0. The van der Waals surface area contributed by atoms with E-state index in [9.17, 15) is 19.1 Å². The maximum atomic E-state index is 14.9. The van der Waals surface area contributed by atoms with Gasteiger partial charge in [-0.3, -0.25) is 14.5 Å². The first-order valence-corrected chi connectivity index (χ1v) is 10.8. The number of ketones is 1. The van der Waals surface area contributed by atoms with Gasteiger partial charge in [0.2, 0.25) is 0 Å². The maximum Gasteiger partial charge on any atom is 0.300 e. The van der Waals surface area contributed by atoms with E-state index >= 15 is 0 Å². The Kier molecular flexibility index (Phi) is 6.40. The molecule has 4 rings (SSSR count). The number of carbonyl (C=O) groups excluding carboxylic acids is 2. The number of halogens is 3. The summed E-state index contributed by atoms with van der Waals surface area (Å²) in [4.78, 5) is 27.4. The Morgan fingerprint density at radius 2 is 1.79 bits per heavy atom. The Balaban J connectivity index is 1.95. The predicted molar refractivity (Wildman–Crippen MR) is 125 cm³/mol. The molecule has 1 fully saturated rings. The van der Waals surface area contributed by atoms with Gasteiger partial charge in [-0.2, -0.15) is 0 Å². The van der Waals surface area contributed by atoms with Gasteiger partial charge in [0, 0.05) is 16.8 Å². The molecule has 3 aromatic rings. The minimum atomic E-state index is -1.22. The molecule has 5 nitrogen and oxygen atoms in total. The first-order valence-electron chi connectivity index (χ1n) is 10.1.